The molecule has 2 aromatic heterocycles. The number of aromatic nitrogens is 1. The number of hydrogen-bond acceptors (Lipinski definition) is 7. The number of hydrogen-bond donors (Lipinski definition) is 2. The number of amides is 1. The predicted octanol–water partition coefficient (Wildman–Crippen LogP) is 3.90. The van der Waals surface area contributed by atoms with E-state index in [1.54, 1.807) is 30.9 Å². The highest BCUT2D eigenvalue weighted by Crippen LogP contribution is 2.31. The number of rotatable bonds is 7. The lowest BCUT2D eigenvalue weighted by Gasteiger charge is -2.09. The van der Waals surface area contributed by atoms with Gasteiger partial charge in [0.05, 0.1) is 20.8 Å². The lowest BCUT2D eigenvalue weighted by Crippen LogP contribution is -2.22. The summed E-state index contributed by atoms with van der Waals surface area (Å²) >= 11 is 2.97. The maximum Gasteiger partial charge on any atom is 0.271 e. The van der Waals surface area contributed by atoms with E-state index >= 15 is 0 Å². The highest BCUT2D eigenvalue weighted by atomic mass is 32.1. The second-order valence-corrected chi connectivity index (χ2v) is 6.89. The Kier molecular flexibility index (Phi) is 5.52. The van der Waals surface area contributed by atoms with E-state index in [9.17, 15) is 4.79 Å². The molecule has 6 nitrogen and oxygen atoms in total. The molecule has 130 valence electrons. The van der Waals surface area contributed by atoms with Crippen molar-refractivity contribution in [3.63, 3.8) is 0 Å². The maximum atomic E-state index is 12.2. The molecule has 2 heterocycles. The molecule has 3 aromatic rings. The van der Waals surface area contributed by atoms with Crippen LogP contribution in [0.2, 0.25) is 0 Å². The van der Waals surface area contributed by atoms with Gasteiger partial charge in [-0.3, -0.25) is 4.79 Å². The molecule has 0 atom stereocenters. The highest BCUT2D eigenvalue weighted by molar-refractivity contribution is 7.14. The summed E-state index contributed by atoms with van der Waals surface area (Å²) in [6, 6.07) is 9.43. The standard InChI is InChI=1S/C17H17N3O3S2/c1-22-14-6-5-11(8-15(14)23-2)19-17-20-13(10-25-17)16(21)18-9-12-4-3-7-24-12/h3-8,10H,9H2,1-2H3,(H,18,21)(H,19,20). The minimum atomic E-state index is -0.190. The summed E-state index contributed by atoms with van der Waals surface area (Å²) in [7, 11) is 3.17. The zero-order valence-electron chi connectivity index (χ0n) is 13.7. The van der Waals surface area contributed by atoms with Gasteiger partial charge in [0.2, 0.25) is 0 Å². The summed E-state index contributed by atoms with van der Waals surface area (Å²) in [6.45, 7) is 0.506. The number of nitrogens with one attached hydrogen (secondary N) is 2. The summed E-state index contributed by atoms with van der Waals surface area (Å²) in [5.41, 5.74) is 1.20. The number of anilines is 2. The molecule has 0 saturated heterocycles. The molecule has 0 aliphatic heterocycles. The number of thiophene rings is 1. The minimum Gasteiger partial charge on any atom is -0.493 e. The molecule has 2 N–H and O–H groups in total. The van der Waals surface area contributed by atoms with Crippen LogP contribution in [0.3, 0.4) is 0 Å². The summed E-state index contributed by atoms with van der Waals surface area (Å²) in [5, 5.41) is 10.4. The average molecular weight is 375 g/mol. The van der Waals surface area contributed by atoms with Crippen molar-refractivity contribution in [3.8, 4) is 11.5 Å². The van der Waals surface area contributed by atoms with Crippen LogP contribution in [-0.2, 0) is 6.54 Å². The Morgan fingerprint density at radius 2 is 2.00 bits per heavy atom. The molecule has 0 aliphatic rings. The van der Waals surface area contributed by atoms with E-state index in [2.05, 4.69) is 15.6 Å². The van der Waals surface area contributed by atoms with E-state index in [4.69, 9.17) is 9.47 Å². The maximum absolute atomic E-state index is 12.2. The van der Waals surface area contributed by atoms with Crippen molar-refractivity contribution in [1.82, 2.24) is 10.3 Å². The van der Waals surface area contributed by atoms with E-state index in [-0.39, 0.29) is 5.91 Å². The Bertz CT molecular complexity index is 847. The van der Waals surface area contributed by atoms with Crippen molar-refractivity contribution >= 4 is 39.4 Å². The predicted molar refractivity (Wildman–Crippen MR) is 100 cm³/mol. The Morgan fingerprint density at radius 1 is 1.16 bits per heavy atom. The molecule has 25 heavy (non-hydrogen) atoms. The van der Waals surface area contributed by atoms with Gasteiger partial charge in [-0.1, -0.05) is 6.07 Å². The summed E-state index contributed by atoms with van der Waals surface area (Å²) in [5.74, 6) is 1.09. The molecular formula is C17H17N3O3S2. The van der Waals surface area contributed by atoms with Crippen LogP contribution in [0, 0.1) is 0 Å². The van der Waals surface area contributed by atoms with Crippen molar-refractivity contribution in [1.29, 1.82) is 0 Å². The largest absolute Gasteiger partial charge is 0.493 e. The van der Waals surface area contributed by atoms with E-state index in [0.29, 0.717) is 28.9 Å². The van der Waals surface area contributed by atoms with E-state index in [0.717, 1.165) is 10.6 Å². The van der Waals surface area contributed by atoms with Gasteiger partial charge < -0.3 is 20.1 Å². The highest BCUT2D eigenvalue weighted by Gasteiger charge is 2.12. The molecule has 1 amide bonds. The SMILES string of the molecule is COc1ccc(Nc2nc(C(=O)NCc3cccs3)cs2)cc1OC. The number of carbonyl (C=O) groups is 1. The van der Waals surface area contributed by atoms with Gasteiger partial charge in [-0.05, 0) is 23.6 Å². The molecule has 0 unspecified atom stereocenters. The van der Waals surface area contributed by atoms with Gasteiger partial charge >= 0.3 is 0 Å². The molecule has 0 aliphatic carbocycles. The molecule has 0 spiro atoms. The van der Waals surface area contributed by atoms with Crippen molar-refractivity contribution < 1.29 is 14.3 Å². The second kappa shape index (κ2) is 8.00. The Balaban J connectivity index is 1.64. The lowest BCUT2D eigenvalue weighted by atomic mass is 10.3. The zero-order valence-corrected chi connectivity index (χ0v) is 15.4. The normalized spacial score (nSPS) is 10.3. The fraction of sp³-hybridized carbons (Fsp3) is 0.176. The zero-order chi connectivity index (χ0) is 17.6. The summed E-state index contributed by atoms with van der Waals surface area (Å²) in [6.07, 6.45) is 0. The van der Waals surface area contributed by atoms with Gasteiger partial charge in [-0.2, -0.15) is 0 Å². The minimum absolute atomic E-state index is 0.190. The molecule has 1 aromatic carbocycles. The first-order valence-electron chi connectivity index (χ1n) is 7.44. The van der Waals surface area contributed by atoms with Crippen molar-refractivity contribution in [3.05, 3.63) is 51.7 Å². The van der Waals surface area contributed by atoms with Gasteiger partial charge in [-0.15, -0.1) is 22.7 Å². The summed E-state index contributed by atoms with van der Waals surface area (Å²) < 4.78 is 10.5. The van der Waals surface area contributed by atoms with Crippen LogP contribution in [0.5, 0.6) is 11.5 Å². The smallest absolute Gasteiger partial charge is 0.271 e. The van der Waals surface area contributed by atoms with Gasteiger partial charge in [0.15, 0.2) is 16.6 Å². The molecule has 3 rings (SSSR count). The molecule has 0 saturated carbocycles. The first-order chi connectivity index (χ1) is 12.2. The quantitative estimate of drug-likeness (QED) is 0.655. The van der Waals surface area contributed by atoms with Crippen LogP contribution >= 0.6 is 22.7 Å². The Labute approximate surface area is 153 Å². The van der Waals surface area contributed by atoms with Crippen molar-refractivity contribution in [2.75, 3.05) is 19.5 Å². The van der Waals surface area contributed by atoms with Crippen LogP contribution in [0.1, 0.15) is 15.4 Å². The number of nitrogens with zero attached hydrogens (tertiary/aromatic N) is 1. The third-order valence-corrected chi connectivity index (χ3v) is 5.01. The van der Waals surface area contributed by atoms with Crippen molar-refractivity contribution in [2.24, 2.45) is 0 Å². The van der Waals surface area contributed by atoms with Gasteiger partial charge in [0, 0.05) is 22.0 Å². The van der Waals surface area contributed by atoms with E-state index < -0.39 is 0 Å². The van der Waals surface area contributed by atoms with Gasteiger partial charge in [0.25, 0.3) is 5.91 Å². The molecule has 0 fully saturated rings. The third kappa shape index (κ3) is 4.28. The van der Waals surface area contributed by atoms with Gasteiger partial charge in [-0.25, -0.2) is 4.98 Å². The molecular weight excluding hydrogens is 358 g/mol. The second-order valence-electron chi connectivity index (χ2n) is 4.99. The first-order valence-corrected chi connectivity index (χ1v) is 9.20. The van der Waals surface area contributed by atoms with Crippen LogP contribution in [0.4, 0.5) is 10.8 Å². The first kappa shape index (κ1) is 17.2. The topological polar surface area (TPSA) is 72.5 Å². The third-order valence-electron chi connectivity index (χ3n) is 3.37. The fourth-order valence-electron chi connectivity index (χ4n) is 2.14. The Hall–Kier alpha value is -2.58. The number of carbonyl (C=O) groups excluding carboxylic acids is 1. The van der Waals surface area contributed by atoms with Crippen molar-refractivity contribution in [2.45, 2.75) is 6.54 Å². The van der Waals surface area contributed by atoms with E-state index in [1.807, 2.05) is 35.7 Å². The molecule has 0 bridgehead atoms. The Morgan fingerprint density at radius 3 is 2.72 bits per heavy atom. The molecule has 8 heteroatoms. The average Bonchev–Trinajstić information content (AvgIpc) is 3.31. The molecule has 0 radical (unpaired) electrons. The fourth-order valence-corrected chi connectivity index (χ4v) is 3.50. The number of ether oxygens (including phenoxy) is 2. The van der Waals surface area contributed by atoms with Crippen LogP contribution in [0.15, 0.2) is 41.1 Å². The lowest BCUT2D eigenvalue weighted by molar-refractivity contribution is 0.0947. The number of thiazole rings is 1. The number of methoxy groups -OCH3 is 2. The monoisotopic (exact) mass is 375 g/mol. The van der Waals surface area contributed by atoms with Crippen LogP contribution in [-0.4, -0.2) is 25.1 Å². The van der Waals surface area contributed by atoms with Crippen LogP contribution < -0.4 is 20.1 Å². The number of benzene rings is 1. The summed E-state index contributed by atoms with van der Waals surface area (Å²) in [4.78, 5) is 17.6. The van der Waals surface area contributed by atoms with Crippen LogP contribution in [0.25, 0.3) is 0 Å². The van der Waals surface area contributed by atoms with E-state index in [1.165, 1.54) is 11.3 Å². The van der Waals surface area contributed by atoms with Gasteiger partial charge in [0.1, 0.15) is 5.69 Å².